The minimum Gasteiger partial charge on any atom is -0.469 e. The van der Waals surface area contributed by atoms with E-state index in [0.29, 0.717) is 18.8 Å². The van der Waals surface area contributed by atoms with Crippen molar-refractivity contribution in [2.45, 2.75) is 19.4 Å². The molecule has 1 aliphatic heterocycles. The Morgan fingerprint density at radius 3 is 2.84 bits per heavy atom. The van der Waals surface area contributed by atoms with E-state index in [2.05, 4.69) is 5.10 Å². The van der Waals surface area contributed by atoms with E-state index < -0.39 is 0 Å². The number of piperidine rings is 1. The molecule has 0 radical (unpaired) electrons. The highest BCUT2D eigenvalue weighted by Gasteiger charge is 2.28. The van der Waals surface area contributed by atoms with Gasteiger partial charge in [-0.1, -0.05) is 41.9 Å². The maximum atomic E-state index is 12.6. The van der Waals surface area contributed by atoms with Crippen molar-refractivity contribution in [3.63, 3.8) is 0 Å². The molecular weight excluding hydrogens is 342 g/mol. The second kappa shape index (κ2) is 7.70. The number of carbonyl (C=O) groups is 1. The van der Waals surface area contributed by atoms with Crippen LogP contribution < -0.4 is 10.5 Å². The number of hydrogen-bond acceptors (Lipinski definition) is 5. The van der Waals surface area contributed by atoms with Crippen LogP contribution in [0, 0.1) is 5.92 Å². The van der Waals surface area contributed by atoms with Gasteiger partial charge in [0.1, 0.15) is 5.02 Å². The summed E-state index contributed by atoms with van der Waals surface area (Å²) in [5.74, 6) is -0.437. The van der Waals surface area contributed by atoms with Gasteiger partial charge in [0, 0.05) is 13.1 Å². The van der Waals surface area contributed by atoms with E-state index in [-0.39, 0.29) is 22.5 Å². The number of rotatable bonds is 4. The molecule has 0 unspecified atom stereocenters. The lowest BCUT2D eigenvalue weighted by Gasteiger charge is -2.33. The van der Waals surface area contributed by atoms with Gasteiger partial charge in [0.25, 0.3) is 5.56 Å². The zero-order valence-electron chi connectivity index (χ0n) is 14.0. The topological polar surface area (TPSA) is 64.4 Å². The minimum absolute atomic E-state index is 0.136. The highest BCUT2D eigenvalue weighted by atomic mass is 35.5. The molecular formula is C18H20ClN3O3. The van der Waals surface area contributed by atoms with Crippen LogP contribution in [0.2, 0.25) is 5.02 Å². The van der Waals surface area contributed by atoms with E-state index in [1.165, 1.54) is 11.8 Å². The summed E-state index contributed by atoms with van der Waals surface area (Å²) in [6.07, 6.45) is 3.22. The Kier molecular flexibility index (Phi) is 5.38. The summed E-state index contributed by atoms with van der Waals surface area (Å²) in [7, 11) is 1.39. The van der Waals surface area contributed by atoms with E-state index in [9.17, 15) is 9.59 Å². The fraction of sp³-hybridized carbons (Fsp3) is 0.389. The SMILES string of the molecule is COC(=O)[C@H]1CCCN(c2cnn(Cc3ccccc3)c(=O)c2Cl)C1. The van der Waals surface area contributed by atoms with Crippen LogP contribution in [-0.4, -0.2) is 35.9 Å². The van der Waals surface area contributed by atoms with E-state index in [4.69, 9.17) is 16.3 Å². The zero-order valence-corrected chi connectivity index (χ0v) is 14.8. The monoisotopic (exact) mass is 361 g/mol. The molecule has 1 atom stereocenters. The predicted molar refractivity (Wildman–Crippen MR) is 96.0 cm³/mol. The van der Waals surface area contributed by atoms with Gasteiger partial charge in [-0.3, -0.25) is 9.59 Å². The van der Waals surface area contributed by atoms with Gasteiger partial charge < -0.3 is 9.64 Å². The summed E-state index contributed by atoms with van der Waals surface area (Å²) >= 11 is 6.33. The number of esters is 1. The van der Waals surface area contributed by atoms with Crippen molar-refractivity contribution in [2.75, 3.05) is 25.1 Å². The molecule has 2 aromatic rings. The third-order valence-electron chi connectivity index (χ3n) is 4.44. The molecule has 1 fully saturated rings. The lowest BCUT2D eigenvalue weighted by molar-refractivity contribution is -0.145. The number of methoxy groups -OCH3 is 1. The summed E-state index contributed by atoms with van der Waals surface area (Å²) in [6, 6.07) is 9.61. The van der Waals surface area contributed by atoms with Crippen molar-refractivity contribution in [1.82, 2.24) is 9.78 Å². The molecule has 2 heterocycles. The molecule has 132 valence electrons. The largest absolute Gasteiger partial charge is 0.469 e. The number of benzene rings is 1. The van der Waals surface area contributed by atoms with Gasteiger partial charge in [0.15, 0.2) is 0 Å². The average Bonchev–Trinajstić information content (AvgIpc) is 2.66. The Morgan fingerprint density at radius 2 is 2.12 bits per heavy atom. The molecule has 6 nitrogen and oxygen atoms in total. The summed E-state index contributed by atoms with van der Waals surface area (Å²) in [4.78, 5) is 26.3. The molecule has 7 heteroatoms. The van der Waals surface area contributed by atoms with E-state index in [1.54, 1.807) is 6.20 Å². The number of nitrogens with zero attached hydrogens (tertiary/aromatic N) is 3. The first-order chi connectivity index (χ1) is 12.1. The number of aromatic nitrogens is 2. The maximum absolute atomic E-state index is 12.6. The molecule has 3 rings (SSSR count). The first-order valence-electron chi connectivity index (χ1n) is 8.22. The first kappa shape index (κ1) is 17.5. The molecule has 0 aliphatic carbocycles. The summed E-state index contributed by atoms with van der Waals surface area (Å²) < 4.78 is 6.18. The van der Waals surface area contributed by atoms with Crippen molar-refractivity contribution in [3.8, 4) is 0 Å². The number of hydrogen-bond donors (Lipinski definition) is 0. The van der Waals surface area contributed by atoms with Crippen LogP contribution in [0.1, 0.15) is 18.4 Å². The smallest absolute Gasteiger partial charge is 0.310 e. The van der Waals surface area contributed by atoms with Crippen molar-refractivity contribution in [3.05, 3.63) is 57.5 Å². The van der Waals surface area contributed by atoms with Crippen LogP contribution in [0.3, 0.4) is 0 Å². The molecule has 0 N–H and O–H groups in total. The van der Waals surface area contributed by atoms with Crippen molar-refractivity contribution < 1.29 is 9.53 Å². The van der Waals surface area contributed by atoms with Crippen LogP contribution >= 0.6 is 11.6 Å². The lowest BCUT2D eigenvalue weighted by Crippen LogP contribution is -2.40. The summed E-state index contributed by atoms with van der Waals surface area (Å²) in [5, 5.41) is 4.40. The summed E-state index contributed by atoms with van der Waals surface area (Å²) in [5.41, 5.74) is 1.22. The van der Waals surface area contributed by atoms with E-state index in [0.717, 1.165) is 24.9 Å². The van der Waals surface area contributed by atoms with Crippen LogP contribution in [0.4, 0.5) is 5.69 Å². The quantitative estimate of drug-likeness (QED) is 0.782. The highest BCUT2D eigenvalue weighted by molar-refractivity contribution is 6.33. The van der Waals surface area contributed by atoms with Crippen LogP contribution in [0.25, 0.3) is 0 Å². The second-order valence-corrected chi connectivity index (χ2v) is 6.48. The molecule has 1 saturated heterocycles. The third-order valence-corrected chi connectivity index (χ3v) is 4.79. The third kappa shape index (κ3) is 3.85. The molecule has 1 aliphatic rings. The number of ether oxygens (including phenoxy) is 1. The van der Waals surface area contributed by atoms with Crippen LogP contribution in [-0.2, 0) is 16.1 Å². The molecule has 1 aromatic carbocycles. The number of anilines is 1. The Labute approximate surface area is 151 Å². The number of halogens is 1. The molecule has 0 bridgehead atoms. The molecule has 0 spiro atoms. The Morgan fingerprint density at radius 1 is 1.36 bits per heavy atom. The number of carbonyl (C=O) groups excluding carboxylic acids is 1. The fourth-order valence-corrected chi connectivity index (χ4v) is 3.37. The first-order valence-corrected chi connectivity index (χ1v) is 8.60. The van der Waals surface area contributed by atoms with Gasteiger partial charge in [-0.15, -0.1) is 0 Å². The van der Waals surface area contributed by atoms with E-state index >= 15 is 0 Å². The zero-order chi connectivity index (χ0) is 17.8. The molecule has 25 heavy (non-hydrogen) atoms. The standard InChI is InChI=1S/C18H20ClN3O3/c1-25-18(24)14-8-5-9-21(12-14)15-10-20-22(17(23)16(15)19)11-13-6-3-2-4-7-13/h2-4,6-7,10,14H,5,8-9,11-12H2,1H3/t14-/m0/s1. The maximum Gasteiger partial charge on any atom is 0.310 e. The van der Waals surface area contributed by atoms with Crippen molar-refractivity contribution in [2.24, 2.45) is 5.92 Å². The van der Waals surface area contributed by atoms with E-state index in [1.807, 2.05) is 35.2 Å². The van der Waals surface area contributed by atoms with Gasteiger partial charge in [-0.2, -0.15) is 5.10 Å². The Bertz CT molecular complexity index is 807. The second-order valence-electron chi connectivity index (χ2n) is 6.10. The average molecular weight is 362 g/mol. The van der Waals surface area contributed by atoms with Crippen molar-refractivity contribution >= 4 is 23.3 Å². The fourth-order valence-electron chi connectivity index (χ4n) is 3.10. The normalized spacial score (nSPS) is 17.4. The summed E-state index contributed by atoms with van der Waals surface area (Å²) in [6.45, 7) is 1.58. The van der Waals surface area contributed by atoms with Gasteiger partial charge >= 0.3 is 5.97 Å². The predicted octanol–water partition coefficient (Wildman–Crippen LogP) is 2.33. The molecule has 0 saturated carbocycles. The lowest BCUT2D eigenvalue weighted by atomic mass is 9.98. The van der Waals surface area contributed by atoms with Crippen molar-refractivity contribution in [1.29, 1.82) is 0 Å². The highest BCUT2D eigenvalue weighted by Crippen LogP contribution is 2.27. The van der Waals surface area contributed by atoms with Crippen LogP contribution in [0.15, 0.2) is 41.3 Å². The van der Waals surface area contributed by atoms with Gasteiger partial charge in [-0.25, -0.2) is 4.68 Å². The van der Waals surface area contributed by atoms with Gasteiger partial charge in [-0.05, 0) is 18.4 Å². The van der Waals surface area contributed by atoms with Crippen LogP contribution in [0.5, 0.6) is 0 Å². The molecule has 0 amide bonds. The van der Waals surface area contributed by atoms with Gasteiger partial charge in [0.05, 0.1) is 31.5 Å². The molecule has 1 aromatic heterocycles. The minimum atomic E-state index is -0.330. The Balaban J connectivity index is 1.82. The Hall–Kier alpha value is -2.34. The van der Waals surface area contributed by atoms with Gasteiger partial charge in [0.2, 0.25) is 0 Å².